The van der Waals surface area contributed by atoms with Gasteiger partial charge in [-0.05, 0) is 110 Å². The Balaban J connectivity index is 1.30. The molecule has 0 radical (unpaired) electrons. The van der Waals surface area contributed by atoms with Crippen molar-refractivity contribution in [3.05, 3.63) is 0 Å². The van der Waals surface area contributed by atoms with E-state index in [-0.39, 0.29) is 6.10 Å². The molecule has 4 aliphatic carbocycles. The summed E-state index contributed by atoms with van der Waals surface area (Å²) in [5.74, 6) is 5.79. The molecule has 13 atom stereocenters. The maximum atomic E-state index is 11.0. The number of nitrogens with zero attached hydrogens (tertiary/aromatic N) is 1. The van der Waals surface area contributed by atoms with Crippen molar-refractivity contribution in [2.75, 3.05) is 6.54 Å². The minimum atomic E-state index is -0.103. The average molecular weight is 415 g/mol. The number of aliphatic hydroxyl groups excluding tert-OH is 1. The largest absolute Gasteiger partial charge is 0.391 e. The first-order chi connectivity index (χ1) is 14.2. The van der Waals surface area contributed by atoms with E-state index in [4.69, 9.17) is 5.73 Å². The molecule has 6 aliphatic rings. The Morgan fingerprint density at radius 1 is 0.900 bits per heavy atom. The zero-order valence-corrected chi connectivity index (χ0v) is 19.9. The van der Waals surface area contributed by atoms with E-state index < -0.39 is 0 Å². The summed E-state index contributed by atoms with van der Waals surface area (Å²) in [5.41, 5.74) is 7.47. The Morgan fingerprint density at radius 2 is 1.67 bits per heavy atom. The number of rotatable bonds is 0. The third kappa shape index (κ3) is 2.55. The summed E-state index contributed by atoms with van der Waals surface area (Å²) in [7, 11) is 0. The summed E-state index contributed by atoms with van der Waals surface area (Å²) >= 11 is 0. The van der Waals surface area contributed by atoms with Gasteiger partial charge in [0.15, 0.2) is 0 Å². The lowest BCUT2D eigenvalue weighted by molar-refractivity contribution is -0.118. The molecule has 0 amide bonds. The third-order valence-corrected chi connectivity index (χ3v) is 12.3. The van der Waals surface area contributed by atoms with Crippen LogP contribution in [0.15, 0.2) is 0 Å². The van der Waals surface area contributed by atoms with Gasteiger partial charge in [0.2, 0.25) is 0 Å². The van der Waals surface area contributed by atoms with Crippen LogP contribution in [0.2, 0.25) is 0 Å². The maximum Gasteiger partial charge on any atom is 0.0701 e. The number of fused-ring (bicyclic) bond motifs is 9. The van der Waals surface area contributed by atoms with Crippen LogP contribution >= 0.6 is 0 Å². The standard InChI is InChI=1S/C27H46N2O/c1-15-11-23(30)25-16(2)24-22(29(25)14-15)13-21-19-6-5-17-12-18(28)7-9-26(17,3)20(19)8-10-27(21,24)4/h15-25,30H,5-14,28H2,1-4H3/t15-,16+,17+,18+,19-,20+,21+,22+,23+,24+,25-,26+,27+/m1/s1. The summed E-state index contributed by atoms with van der Waals surface area (Å²) < 4.78 is 0. The van der Waals surface area contributed by atoms with Gasteiger partial charge in [0.1, 0.15) is 0 Å². The number of hydrogen-bond acceptors (Lipinski definition) is 3. The quantitative estimate of drug-likeness (QED) is 0.605. The highest BCUT2D eigenvalue weighted by Gasteiger charge is 2.67. The molecule has 3 heteroatoms. The van der Waals surface area contributed by atoms with Gasteiger partial charge in [0.25, 0.3) is 0 Å². The van der Waals surface area contributed by atoms with E-state index >= 15 is 0 Å². The highest BCUT2D eigenvalue weighted by Crippen LogP contribution is 2.70. The molecule has 0 aromatic heterocycles. The fourth-order valence-electron chi connectivity index (χ4n) is 11.2. The van der Waals surface area contributed by atoms with Gasteiger partial charge in [-0.15, -0.1) is 0 Å². The zero-order valence-electron chi connectivity index (χ0n) is 19.9. The molecule has 2 saturated heterocycles. The Bertz CT molecular complexity index is 696. The third-order valence-electron chi connectivity index (χ3n) is 12.3. The Morgan fingerprint density at radius 3 is 2.47 bits per heavy atom. The minimum Gasteiger partial charge on any atom is -0.391 e. The molecule has 0 aromatic carbocycles. The van der Waals surface area contributed by atoms with E-state index in [0.717, 1.165) is 42.1 Å². The second-order valence-corrected chi connectivity index (χ2v) is 13.5. The molecular weight excluding hydrogens is 368 g/mol. The van der Waals surface area contributed by atoms with Crippen LogP contribution in [0.5, 0.6) is 0 Å². The number of nitrogens with two attached hydrogens (primary N) is 1. The van der Waals surface area contributed by atoms with Crippen LogP contribution in [0.3, 0.4) is 0 Å². The van der Waals surface area contributed by atoms with Crippen LogP contribution in [0, 0.1) is 52.3 Å². The summed E-state index contributed by atoms with van der Waals surface area (Å²) in [6.45, 7) is 11.4. The van der Waals surface area contributed by atoms with Crippen molar-refractivity contribution in [2.24, 2.45) is 58.0 Å². The fraction of sp³-hybridized carbons (Fsp3) is 1.00. The highest BCUT2D eigenvalue weighted by molar-refractivity contribution is 5.18. The highest BCUT2D eigenvalue weighted by atomic mass is 16.3. The molecule has 6 fully saturated rings. The fourth-order valence-corrected chi connectivity index (χ4v) is 11.2. The van der Waals surface area contributed by atoms with Crippen LogP contribution in [0.25, 0.3) is 0 Å². The van der Waals surface area contributed by atoms with Gasteiger partial charge in [-0.25, -0.2) is 0 Å². The van der Waals surface area contributed by atoms with Crippen molar-refractivity contribution < 1.29 is 5.11 Å². The van der Waals surface area contributed by atoms with Gasteiger partial charge in [-0.1, -0.05) is 27.7 Å². The number of aliphatic hydroxyl groups is 1. The van der Waals surface area contributed by atoms with Gasteiger partial charge in [-0.3, -0.25) is 4.90 Å². The molecule has 3 N–H and O–H groups in total. The summed E-state index contributed by atoms with van der Waals surface area (Å²) in [5, 5.41) is 11.0. The van der Waals surface area contributed by atoms with Crippen LogP contribution < -0.4 is 5.73 Å². The van der Waals surface area contributed by atoms with Gasteiger partial charge in [0.05, 0.1) is 6.10 Å². The molecule has 0 unspecified atom stereocenters. The first-order valence-corrected chi connectivity index (χ1v) is 13.4. The van der Waals surface area contributed by atoms with E-state index in [2.05, 4.69) is 32.6 Å². The second kappa shape index (κ2) is 6.70. The minimum absolute atomic E-state index is 0.103. The van der Waals surface area contributed by atoms with E-state index in [1.807, 2.05) is 0 Å². The van der Waals surface area contributed by atoms with Crippen molar-refractivity contribution in [2.45, 2.75) is 110 Å². The van der Waals surface area contributed by atoms with E-state index in [1.54, 1.807) is 0 Å². The maximum absolute atomic E-state index is 11.0. The van der Waals surface area contributed by atoms with Crippen LogP contribution in [-0.2, 0) is 0 Å². The molecule has 30 heavy (non-hydrogen) atoms. The molecule has 2 aliphatic heterocycles. The molecule has 4 saturated carbocycles. The van der Waals surface area contributed by atoms with Crippen molar-refractivity contribution in [1.82, 2.24) is 4.90 Å². The molecular formula is C27H46N2O. The molecule has 170 valence electrons. The Hall–Kier alpha value is -0.120. The lowest BCUT2D eigenvalue weighted by atomic mass is 9.44. The zero-order chi connectivity index (χ0) is 21.0. The van der Waals surface area contributed by atoms with Gasteiger partial charge < -0.3 is 10.8 Å². The smallest absolute Gasteiger partial charge is 0.0701 e. The van der Waals surface area contributed by atoms with E-state index in [0.29, 0.717) is 34.7 Å². The summed E-state index contributed by atoms with van der Waals surface area (Å²) in [6.07, 6.45) is 12.0. The molecule has 0 spiro atoms. The molecule has 0 aromatic rings. The van der Waals surface area contributed by atoms with Gasteiger partial charge in [0, 0.05) is 24.7 Å². The number of piperidine rings is 1. The monoisotopic (exact) mass is 414 g/mol. The predicted octanol–water partition coefficient (Wildman–Crippen LogP) is 4.67. The summed E-state index contributed by atoms with van der Waals surface area (Å²) in [6, 6.07) is 1.63. The lowest BCUT2D eigenvalue weighted by Gasteiger charge is -2.61. The van der Waals surface area contributed by atoms with Crippen molar-refractivity contribution in [3.63, 3.8) is 0 Å². The topological polar surface area (TPSA) is 49.5 Å². The second-order valence-electron chi connectivity index (χ2n) is 13.5. The first kappa shape index (κ1) is 20.5. The van der Waals surface area contributed by atoms with Crippen molar-refractivity contribution >= 4 is 0 Å². The van der Waals surface area contributed by atoms with Gasteiger partial charge >= 0.3 is 0 Å². The van der Waals surface area contributed by atoms with Gasteiger partial charge in [-0.2, -0.15) is 0 Å². The first-order valence-electron chi connectivity index (χ1n) is 13.4. The van der Waals surface area contributed by atoms with Crippen molar-refractivity contribution in [3.8, 4) is 0 Å². The predicted molar refractivity (Wildman–Crippen MR) is 122 cm³/mol. The molecule has 0 bridgehead atoms. The normalized spacial score (nSPS) is 62.8. The van der Waals surface area contributed by atoms with Crippen molar-refractivity contribution in [1.29, 1.82) is 0 Å². The SMILES string of the molecule is C[C@@H]1C[C@H](O)[C@H]2[C@@H](C)[C@H]3[C@H](C[C@H]4[C@@H]5CC[C@H]6C[C@@H](N)CC[C@]6(C)[C@H]5CC[C@]34C)N2C1. The van der Waals surface area contributed by atoms with Crippen LogP contribution in [-0.4, -0.2) is 40.8 Å². The molecule has 3 nitrogen and oxygen atoms in total. The van der Waals surface area contributed by atoms with Crippen LogP contribution in [0.1, 0.15) is 85.5 Å². The lowest BCUT2D eigenvalue weighted by Crippen LogP contribution is -2.55. The summed E-state index contributed by atoms with van der Waals surface area (Å²) in [4.78, 5) is 2.82. The molecule has 2 heterocycles. The Kier molecular flexibility index (Phi) is 4.58. The molecule has 6 rings (SSSR count). The average Bonchev–Trinajstić information content (AvgIpc) is 3.15. The number of hydrogen-bond donors (Lipinski definition) is 2. The van der Waals surface area contributed by atoms with E-state index in [1.165, 1.54) is 57.9 Å². The Labute approximate surface area is 184 Å². The van der Waals surface area contributed by atoms with E-state index in [9.17, 15) is 5.11 Å². The van der Waals surface area contributed by atoms with Crippen LogP contribution in [0.4, 0.5) is 0 Å².